The maximum Gasteiger partial charge on any atom is 0.145 e. The summed E-state index contributed by atoms with van der Waals surface area (Å²) in [6.07, 6.45) is 4.25. The summed E-state index contributed by atoms with van der Waals surface area (Å²) in [5.41, 5.74) is 8.76. The van der Waals surface area contributed by atoms with Crippen LogP contribution in [0.3, 0.4) is 0 Å². The first kappa shape index (κ1) is 9.84. The summed E-state index contributed by atoms with van der Waals surface area (Å²) in [4.78, 5) is 12.1. The predicted molar refractivity (Wildman–Crippen MR) is 68.0 cm³/mol. The van der Waals surface area contributed by atoms with Gasteiger partial charge in [-0.25, -0.2) is 9.97 Å². The first-order valence-electron chi connectivity index (χ1n) is 5.41. The molecule has 0 spiro atoms. The molecular formula is C11H14N4S. The molecule has 0 atom stereocenters. The van der Waals surface area contributed by atoms with Gasteiger partial charge in [0.05, 0.1) is 22.6 Å². The van der Waals surface area contributed by atoms with Crippen LogP contribution in [0.15, 0.2) is 6.20 Å². The lowest BCUT2D eigenvalue weighted by molar-refractivity contribution is 0.921. The molecule has 3 rings (SSSR count). The molecule has 2 aromatic rings. The molecule has 84 valence electrons. The van der Waals surface area contributed by atoms with Gasteiger partial charge < -0.3 is 10.6 Å². The smallest absolute Gasteiger partial charge is 0.145 e. The molecule has 0 aliphatic heterocycles. The molecule has 0 radical (unpaired) electrons. The lowest BCUT2D eigenvalue weighted by Crippen LogP contribution is -2.21. The topological polar surface area (TPSA) is 55.0 Å². The van der Waals surface area contributed by atoms with E-state index in [0.717, 1.165) is 26.7 Å². The second kappa shape index (κ2) is 3.31. The van der Waals surface area contributed by atoms with E-state index in [9.17, 15) is 0 Å². The van der Waals surface area contributed by atoms with Crippen molar-refractivity contribution in [3.05, 3.63) is 11.2 Å². The fourth-order valence-corrected chi connectivity index (χ4v) is 2.76. The van der Waals surface area contributed by atoms with E-state index in [1.165, 1.54) is 12.8 Å². The Morgan fingerprint density at radius 3 is 2.94 bits per heavy atom. The zero-order valence-electron chi connectivity index (χ0n) is 9.40. The minimum atomic E-state index is 0.634. The molecule has 2 aromatic heterocycles. The molecule has 0 aromatic carbocycles. The number of anilines is 2. The highest BCUT2D eigenvalue weighted by Gasteiger charge is 2.29. The number of hydrogen-bond acceptors (Lipinski definition) is 5. The molecular weight excluding hydrogens is 220 g/mol. The van der Waals surface area contributed by atoms with E-state index in [1.807, 2.05) is 6.92 Å². The fraction of sp³-hybridized carbons (Fsp3) is 0.455. The second-order valence-corrected chi connectivity index (χ2v) is 5.47. The number of aromatic nitrogens is 2. The lowest BCUT2D eigenvalue weighted by Gasteiger charge is -2.20. The molecule has 1 aliphatic carbocycles. The van der Waals surface area contributed by atoms with Gasteiger partial charge in [-0.05, 0) is 19.8 Å². The molecule has 1 fully saturated rings. The van der Waals surface area contributed by atoms with Crippen molar-refractivity contribution in [2.45, 2.75) is 25.8 Å². The SMILES string of the molecule is Cc1nc2c(N(C)C3CC3)c(N)cnc2s1. The normalized spacial score (nSPS) is 15.6. The van der Waals surface area contributed by atoms with Gasteiger partial charge in [0, 0.05) is 13.1 Å². The van der Waals surface area contributed by atoms with Crippen LogP contribution < -0.4 is 10.6 Å². The number of nitrogens with zero attached hydrogens (tertiary/aromatic N) is 3. The summed E-state index contributed by atoms with van der Waals surface area (Å²) < 4.78 is 0. The Bertz CT molecular complexity index is 544. The third-order valence-corrected chi connectivity index (χ3v) is 3.86. The highest BCUT2D eigenvalue weighted by molar-refractivity contribution is 7.18. The largest absolute Gasteiger partial charge is 0.396 e. The number of rotatable bonds is 2. The molecule has 16 heavy (non-hydrogen) atoms. The standard InChI is InChI=1S/C11H14N4S/c1-6-14-9-10(15(2)7-3-4-7)8(12)5-13-11(9)16-6/h5,7H,3-4,12H2,1-2H3. The molecule has 0 saturated heterocycles. The van der Waals surface area contributed by atoms with Crippen LogP contribution in [0.25, 0.3) is 10.3 Å². The van der Waals surface area contributed by atoms with Crippen LogP contribution in [0, 0.1) is 6.92 Å². The Labute approximate surface area is 98.1 Å². The number of fused-ring (bicyclic) bond motifs is 1. The van der Waals surface area contributed by atoms with E-state index in [2.05, 4.69) is 21.9 Å². The Morgan fingerprint density at radius 1 is 1.50 bits per heavy atom. The van der Waals surface area contributed by atoms with Crippen molar-refractivity contribution in [1.82, 2.24) is 9.97 Å². The number of thiazole rings is 1. The summed E-state index contributed by atoms with van der Waals surface area (Å²) in [6, 6.07) is 0.634. The van der Waals surface area contributed by atoms with Crippen LogP contribution >= 0.6 is 11.3 Å². The minimum Gasteiger partial charge on any atom is -0.396 e. The van der Waals surface area contributed by atoms with Crippen LogP contribution in [-0.2, 0) is 0 Å². The molecule has 0 amide bonds. The molecule has 2 N–H and O–H groups in total. The monoisotopic (exact) mass is 234 g/mol. The van der Waals surface area contributed by atoms with Crippen LogP contribution in [0.4, 0.5) is 11.4 Å². The zero-order chi connectivity index (χ0) is 11.3. The van der Waals surface area contributed by atoms with Crippen molar-refractivity contribution in [2.75, 3.05) is 17.7 Å². The fourth-order valence-electron chi connectivity index (χ4n) is 2.00. The van der Waals surface area contributed by atoms with Gasteiger partial charge >= 0.3 is 0 Å². The van der Waals surface area contributed by atoms with E-state index in [1.54, 1.807) is 17.5 Å². The molecule has 0 unspecified atom stereocenters. The summed E-state index contributed by atoms with van der Waals surface area (Å²) in [6.45, 7) is 2.00. The van der Waals surface area contributed by atoms with Gasteiger partial charge in [-0.2, -0.15) is 0 Å². The quantitative estimate of drug-likeness (QED) is 0.865. The van der Waals surface area contributed by atoms with Crippen molar-refractivity contribution < 1.29 is 0 Å². The van der Waals surface area contributed by atoms with Gasteiger partial charge in [0.1, 0.15) is 10.3 Å². The van der Waals surface area contributed by atoms with Crippen LogP contribution in [0.1, 0.15) is 17.8 Å². The van der Waals surface area contributed by atoms with Crippen LogP contribution in [0.5, 0.6) is 0 Å². The van der Waals surface area contributed by atoms with E-state index >= 15 is 0 Å². The average Bonchev–Trinajstić information content (AvgIpc) is 3.00. The van der Waals surface area contributed by atoms with Gasteiger partial charge in [-0.3, -0.25) is 0 Å². The molecule has 5 heteroatoms. The maximum absolute atomic E-state index is 6.02. The number of pyridine rings is 1. The molecule has 1 saturated carbocycles. The van der Waals surface area contributed by atoms with E-state index in [-0.39, 0.29) is 0 Å². The Morgan fingerprint density at radius 2 is 2.25 bits per heavy atom. The number of aryl methyl sites for hydroxylation is 1. The Balaban J connectivity index is 2.22. The number of nitrogens with two attached hydrogens (primary N) is 1. The van der Waals surface area contributed by atoms with E-state index in [0.29, 0.717) is 6.04 Å². The van der Waals surface area contributed by atoms with Crippen molar-refractivity contribution in [1.29, 1.82) is 0 Å². The second-order valence-electron chi connectivity index (χ2n) is 4.29. The van der Waals surface area contributed by atoms with Crippen molar-refractivity contribution >= 4 is 33.1 Å². The first-order valence-corrected chi connectivity index (χ1v) is 6.23. The van der Waals surface area contributed by atoms with E-state index in [4.69, 9.17) is 5.73 Å². The highest BCUT2D eigenvalue weighted by Crippen LogP contribution is 2.38. The van der Waals surface area contributed by atoms with Gasteiger partial charge in [0.15, 0.2) is 0 Å². The highest BCUT2D eigenvalue weighted by atomic mass is 32.1. The van der Waals surface area contributed by atoms with Crippen molar-refractivity contribution in [3.8, 4) is 0 Å². The van der Waals surface area contributed by atoms with Crippen LogP contribution in [-0.4, -0.2) is 23.1 Å². The average molecular weight is 234 g/mol. The predicted octanol–water partition coefficient (Wildman–Crippen LogP) is 2.18. The van der Waals surface area contributed by atoms with Crippen LogP contribution in [0.2, 0.25) is 0 Å². The third-order valence-electron chi connectivity index (χ3n) is 2.98. The molecule has 1 aliphatic rings. The van der Waals surface area contributed by atoms with Crippen molar-refractivity contribution in [2.24, 2.45) is 0 Å². The lowest BCUT2D eigenvalue weighted by atomic mass is 10.3. The molecule has 0 bridgehead atoms. The summed E-state index contributed by atoms with van der Waals surface area (Å²) in [5, 5.41) is 1.04. The Hall–Kier alpha value is -1.36. The Kier molecular flexibility index (Phi) is 2.04. The zero-order valence-corrected chi connectivity index (χ0v) is 10.2. The summed E-state index contributed by atoms with van der Waals surface area (Å²) in [7, 11) is 2.09. The third kappa shape index (κ3) is 1.43. The van der Waals surface area contributed by atoms with Crippen molar-refractivity contribution in [3.63, 3.8) is 0 Å². The summed E-state index contributed by atoms with van der Waals surface area (Å²) >= 11 is 1.62. The minimum absolute atomic E-state index is 0.634. The number of nitrogen functional groups attached to an aromatic ring is 1. The maximum atomic E-state index is 6.02. The first-order chi connectivity index (χ1) is 7.66. The molecule has 4 nitrogen and oxygen atoms in total. The number of hydrogen-bond donors (Lipinski definition) is 1. The van der Waals surface area contributed by atoms with Gasteiger partial charge in [-0.15, -0.1) is 0 Å². The van der Waals surface area contributed by atoms with Gasteiger partial charge in [-0.1, -0.05) is 11.3 Å². The van der Waals surface area contributed by atoms with Gasteiger partial charge in [0.25, 0.3) is 0 Å². The van der Waals surface area contributed by atoms with Gasteiger partial charge in [0.2, 0.25) is 0 Å². The molecule has 2 heterocycles. The van der Waals surface area contributed by atoms with E-state index < -0.39 is 0 Å². The summed E-state index contributed by atoms with van der Waals surface area (Å²) in [5.74, 6) is 0.